The first-order valence-electron chi connectivity index (χ1n) is 16.0. The fourth-order valence-corrected chi connectivity index (χ4v) is 7.61. The third kappa shape index (κ3) is 6.28. The highest BCUT2D eigenvalue weighted by molar-refractivity contribution is 8.00. The summed E-state index contributed by atoms with van der Waals surface area (Å²) in [5, 5.41) is 11.6. The van der Waals surface area contributed by atoms with E-state index in [1.54, 1.807) is 13.8 Å². The second kappa shape index (κ2) is 12.7. The first kappa shape index (κ1) is 30.8. The van der Waals surface area contributed by atoms with Crippen LogP contribution in [-0.2, 0) is 30.8 Å². The lowest BCUT2D eigenvalue weighted by molar-refractivity contribution is -0.146. The van der Waals surface area contributed by atoms with E-state index in [-0.39, 0.29) is 0 Å². The lowest BCUT2D eigenvalue weighted by Gasteiger charge is -2.24. The van der Waals surface area contributed by atoms with Gasteiger partial charge in [0.1, 0.15) is 12.4 Å². The maximum atomic E-state index is 12.3. The molecule has 0 saturated carbocycles. The van der Waals surface area contributed by atoms with Gasteiger partial charge in [0.2, 0.25) is 0 Å². The maximum absolute atomic E-state index is 12.3. The van der Waals surface area contributed by atoms with Crippen LogP contribution in [0.25, 0.3) is 33.2 Å². The molecule has 3 aromatic carbocycles. The first-order valence-corrected chi connectivity index (χ1v) is 16.9. The van der Waals surface area contributed by atoms with Crippen molar-refractivity contribution in [3.63, 3.8) is 0 Å². The van der Waals surface area contributed by atoms with Crippen molar-refractivity contribution in [3.8, 4) is 28.0 Å². The summed E-state index contributed by atoms with van der Waals surface area (Å²) in [6.07, 6.45) is 5.09. The predicted octanol–water partition coefficient (Wildman–Crippen LogP) is 9.08. The molecule has 0 fully saturated rings. The molecule has 6 nitrogen and oxygen atoms in total. The van der Waals surface area contributed by atoms with Crippen LogP contribution < -0.4 is 4.74 Å². The number of hydrogen-bond acceptors (Lipinski definition) is 5. The van der Waals surface area contributed by atoms with Gasteiger partial charge in [-0.3, -0.25) is 14.8 Å². The van der Waals surface area contributed by atoms with Crippen molar-refractivity contribution >= 4 is 28.6 Å². The molecule has 1 aliphatic heterocycles. The van der Waals surface area contributed by atoms with Gasteiger partial charge in [-0.25, -0.2) is 0 Å². The standard InChI is InChI=1S/C40H37N3O3S/c1-26-20-33-36(46-25-32-17-15-30(23-42-32)28-12-8-5-9-13-28)19-18-34-37(33)38(47-26)35(21-40(2,3)39(44)45)43(34)24-31-16-14-29(22-41-31)27-10-6-4-7-11-27/h4-19,22-23,26H,20-21,24-25H2,1-3H3,(H,44,45). The Labute approximate surface area is 279 Å². The zero-order valence-corrected chi connectivity index (χ0v) is 27.6. The van der Waals surface area contributed by atoms with E-state index in [4.69, 9.17) is 9.72 Å². The van der Waals surface area contributed by atoms with Crippen molar-refractivity contribution in [2.75, 3.05) is 0 Å². The molecule has 236 valence electrons. The van der Waals surface area contributed by atoms with Gasteiger partial charge in [0, 0.05) is 56.7 Å². The molecule has 47 heavy (non-hydrogen) atoms. The van der Waals surface area contributed by atoms with Crippen molar-refractivity contribution in [2.24, 2.45) is 5.41 Å². The third-order valence-corrected chi connectivity index (χ3v) is 10.2. The van der Waals surface area contributed by atoms with Crippen LogP contribution in [0.2, 0.25) is 0 Å². The zero-order valence-electron chi connectivity index (χ0n) is 26.8. The average Bonchev–Trinajstić information content (AvgIpc) is 3.37. The summed E-state index contributed by atoms with van der Waals surface area (Å²) in [6, 6.07) is 32.9. The van der Waals surface area contributed by atoms with Gasteiger partial charge in [0.15, 0.2) is 0 Å². The van der Waals surface area contributed by atoms with Crippen LogP contribution in [0.15, 0.2) is 114 Å². The smallest absolute Gasteiger partial charge is 0.309 e. The lowest BCUT2D eigenvalue weighted by Crippen LogP contribution is -2.28. The van der Waals surface area contributed by atoms with Gasteiger partial charge in [0.25, 0.3) is 0 Å². The Morgan fingerprint density at radius 2 is 1.47 bits per heavy atom. The molecular formula is C40H37N3O3S. The minimum atomic E-state index is -0.939. The third-order valence-electron chi connectivity index (χ3n) is 8.91. The summed E-state index contributed by atoms with van der Waals surface area (Å²) >= 11 is 1.84. The Kier molecular flexibility index (Phi) is 8.33. The van der Waals surface area contributed by atoms with Crippen LogP contribution in [-0.4, -0.2) is 30.9 Å². The van der Waals surface area contributed by atoms with E-state index in [1.165, 1.54) is 5.56 Å². The number of hydrogen-bond donors (Lipinski definition) is 1. The summed E-state index contributed by atoms with van der Waals surface area (Å²) < 4.78 is 8.76. The van der Waals surface area contributed by atoms with Gasteiger partial charge < -0.3 is 14.4 Å². The normalized spacial score (nSPS) is 14.3. The van der Waals surface area contributed by atoms with Crippen LogP contribution in [0.5, 0.6) is 5.75 Å². The summed E-state index contributed by atoms with van der Waals surface area (Å²) in [4.78, 5) is 23.0. The Morgan fingerprint density at radius 1 is 0.851 bits per heavy atom. The fourth-order valence-electron chi connectivity index (χ4n) is 6.30. The molecule has 0 amide bonds. The summed E-state index contributed by atoms with van der Waals surface area (Å²) in [7, 11) is 0. The molecule has 4 heterocycles. The highest BCUT2D eigenvalue weighted by Crippen LogP contribution is 2.48. The molecule has 0 radical (unpaired) electrons. The van der Waals surface area contributed by atoms with E-state index < -0.39 is 11.4 Å². The monoisotopic (exact) mass is 639 g/mol. The van der Waals surface area contributed by atoms with Gasteiger partial charge in [-0.05, 0) is 55.7 Å². The lowest BCUT2D eigenvalue weighted by atomic mass is 9.88. The number of carboxylic acid groups (broad SMARTS) is 1. The van der Waals surface area contributed by atoms with Gasteiger partial charge in [-0.2, -0.15) is 0 Å². The van der Waals surface area contributed by atoms with Crippen LogP contribution in [0.1, 0.15) is 43.4 Å². The van der Waals surface area contributed by atoms with E-state index >= 15 is 0 Å². The highest BCUT2D eigenvalue weighted by Gasteiger charge is 2.34. The Hall–Kier alpha value is -4.88. The number of aromatic nitrogens is 3. The maximum Gasteiger partial charge on any atom is 0.309 e. The Bertz CT molecular complexity index is 2040. The first-order chi connectivity index (χ1) is 22.8. The van der Waals surface area contributed by atoms with Crippen molar-refractivity contribution in [2.45, 2.75) is 56.9 Å². The Morgan fingerprint density at radius 3 is 2.04 bits per heavy atom. The predicted molar refractivity (Wildman–Crippen MR) is 189 cm³/mol. The molecule has 0 spiro atoms. The van der Waals surface area contributed by atoms with Crippen molar-refractivity contribution in [1.82, 2.24) is 14.5 Å². The van der Waals surface area contributed by atoms with E-state index in [1.807, 2.05) is 66.6 Å². The summed E-state index contributed by atoms with van der Waals surface area (Å²) in [5.41, 5.74) is 8.53. The van der Waals surface area contributed by atoms with Crippen molar-refractivity contribution < 1.29 is 14.6 Å². The molecule has 3 aromatic heterocycles. The van der Waals surface area contributed by atoms with Gasteiger partial charge in [0.05, 0.1) is 28.9 Å². The van der Waals surface area contributed by atoms with E-state index in [2.05, 4.69) is 71.1 Å². The number of aliphatic carboxylic acids is 1. The highest BCUT2D eigenvalue weighted by atomic mass is 32.2. The Balaban J connectivity index is 1.24. The number of nitrogens with zero attached hydrogens (tertiary/aromatic N) is 3. The SMILES string of the molecule is CC1Cc2c(OCc3ccc(-c4ccccc4)cn3)ccc3c2c(c(CC(C)(C)C(=O)O)n3Cc2ccc(-c3ccccc3)cn2)S1. The van der Waals surface area contributed by atoms with Gasteiger partial charge in [-0.15, -0.1) is 11.8 Å². The quantitative estimate of drug-likeness (QED) is 0.161. The number of carboxylic acids is 1. The van der Waals surface area contributed by atoms with Crippen LogP contribution in [0.3, 0.4) is 0 Å². The molecule has 0 aliphatic carbocycles. The van der Waals surface area contributed by atoms with Gasteiger partial charge >= 0.3 is 5.97 Å². The van der Waals surface area contributed by atoms with E-state index in [0.29, 0.717) is 24.8 Å². The number of thioether (sulfide) groups is 1. The number of carbonyl (C=O) groups is 1. The average molecular weight is 640 g/mol. The number of rotatable bonds is 10. The second-order valence-corrected chi connectivity index (χ2v) is 14.3. The fraction of sp³-hybridized carbons (Fsp3) is 0.225. The number of pyridine rings is 2. The number of ether oxygens (including phenoxy) is 1. The van der Waals surface area contributed by atoms with E-state index in [0.717, 1.165) is 67.3 Å². The van der Waals surface area contributed by atoms with Crippen molar-refractivity contribution in [3.05, 3.63) is 132 Å². The van der Waals surface area contributed by atoms with Gasteiger partial charge in [-0.1, -0.05) is 79.7 Å². The molecule has 1 atom stereocenters. The molecular weight excluding hydrogens is 603 g/mol. The largest absolute Gasteiger partial charge is 0.487 e. The number of benzene rings is 3. The molecule has 7 rings (SSSR count). The molecule has 6 aromatic rings. The summed E-state index contributed by atoms with van der Waals surface area (Å²) in [6.45, 7) is 6.75. The van der Waals surface area contributed by atoms with E-state index in [9.17, 15) is 9.90 Å². The van der Waals surface area contributed by atoms with Crippen LogP contribution in [0.4, 0.5) is 0 Å². The molecule has 0 saturated heterocycles. The van der Waals surface area contributed by atoms with Crippen LogP contribution in [0, 0.1) is 5.41 Å². The zero-order chi connectivity index (χ0) is 32.5. The topological polar surface area (TPSA) is 77.2 Å². The summed E-state index contributed by atoms with van der Waals surface area (Å²) in [5.74, 6) is 0.0436. The van der Waals surface area contributed by atoms with Crippen LogP contribution >= 0.6 is 11.8 Å². The molecule has 1 N–H and O–H groups in total. The molecule has 7 heteroatoms. The minimum Gasteiger partial charge on any atom is -0.487 e. The second-order valence-electron chi connectivity index (χ2n) is 12.9. The minimum absolute atomic E-state index is 0.310. The molecule has 1 aliphatic rings. The molecule has 0 bridgehead atoms. The molecule has 1 unspecified atom stereocenters. The van der Waals surface area contributed by atoms with Crippen molar-refractivity contribution in [1.29, 1.82) is 0 Å².